The summed E-state index contributed by atoms with van der Waals surface area (Å²) >= 11 is 6.13. The van der Waals surface area contributed by atoms with Gasteiger partial charge in [-0.15, -0.1) is 0 Å². The zero-order valence-corrected chi connectivity index (χ0v) is 12.6. The van der Waals surface area contributed by atoms with Gasteiger partial charge in [0.1, 0.15) is 11.4 Å². The van der Waals surface area contributed by atoms with Gasteiger partial charge in [0.05, 0.1) is 0 Å². The van der Waals surface area contributed by atoms with Crippen LogP contribution >= 0.6 is 11.6 Å². The van der Waals surface area contributed by atoms with E-state index in [1.54, 1.807) is 0 Å². The Balaban J connectivity index is 1.63. The third kappa shape index (κ3) is 2.12. The molecule has 4 rings (SSSR count). The third-order valence-electron chi connectivity index (χ3n) is 5.01. The molecule has 4 heteroatoms. The van der Waals surface area contributed by atoms with Gasteiger partial charge in [-0.1, -0.05) is 11.6 Å². The molecule has 0 radical (unpaired) electrons. The molecule has 1 N–H and O–H groups in total. The van der Waals surface area contributed by atoms with Crippen LogP contribution in [0.2, 0.25) is 5.02 Å². The average molecular weight is 293 g/mol. The van der Waals surface area contributed by atoms with Crippen molar-refractivity contribution in [1.82, 2.24) is 10.2 Å². The third-order valence-corrected chi connectivity index (χ3v) is 5.24. The van der Waals surface area contributed by atoms with Crippen molar-refractivity contribution in [3.8, 4) is 5.75 Å². The van der Waals surface area contributed by atoms with Gasteiger partial charge in [0.2, 0.25) is 0 Å². The highest BCUT2D eigenvalue weighted by molar-refractivity contribution is 6.30. The lowest BCUT2D eigenvalue weighted by atomic mass is 9.86. The average Bonchev–Trinajstić information content (AvgIpc) is 3.22. The summed E-state index contributed by atoms with van der Waals surface area (Å²) < 4.78 is 6.44. The van der Waals surface area contributed by atoms with E-state index in [2.05, 4.69) is 10.2 Å². The highest BCUT2D eigenvalue weighted by Gasteiger charge is 2.48. The number of nitrogens with zero attached hydrogens (tertiary/aromatic N) is 1. The van der Waals surface area contributed by atoms with Gasteiger partial charge >= 0.3 is 0 Å². The summed E-state index contributed by atoms with van der Waals surface area (Å²) in [5, 5.41) is 4.23. The summed E-state index contributed by atoms with van der Waals surface area (Å²) in [7, 11) is 2.03. The molecule has 0 amide bonds. The summed E-state index contributed by atoms with van der Waals surface area (Å²) in [6.45, 7) is 2.27. The van der Waals surface area contributed by atoms with Gasteiger partial charge in [-0.2, -0.15) is 0 Å². The Kier molecular flexibility index (Phi) is 2.99. The summed E-state index contributed by atoms with van der Waals surface area (Å²) in [4.78, 5) is 2.62. The monoisotopic (exact) mass is 292 g/mol. The zero-order valence-electron chi connectivity index (χ0n) is 11.9. The van der Waals surface area contributed by atoms with Crippen molar-refractivity contribution in [3.05, 3.63) is 28.8 Å². The molecule has 2 atom stereocenters. The number of likely N-dealkylation sites (tertiary alicyclic amines) is 1. The minimum Gasteiger partial charge on any atom is -0.485 e. The van der Waals surface area contributed by atoms with Crippen LogP contribution < -0.4 is 10.1 Å². The molecule has 0 bridgehead atoms. The molecule has 1 saturated heterocycles. The molecular weight excluding hydrogens is 272 g/mol. The van der Waals surface area contributed by atoms with Crippen molar-refractivity contribution in [3.63, 3.8) is 0 Å². The fourth-order valence-corrected chi connectivity index (χ4v) is 3.96. The molecule has 2 heterocycles. The van der Waals surface area contributed by atoms with Crippen molar-refractivity contribution < 1.29 is 4.74 Å². The highest BCUT2D eigenvalue weighted by Crippen LogP contribution is 2.46. The first kappa shape index (κ1) is 12.9. The predicted molar refractivity (Wildman–Crippen MR) is 80.4 cm³/mol. The van der Waals surface area contributed by atoms with Crippen LogP contribution in [-0.4, -0.2) is 36.7 Å². The van der Waals surface area contributed by atoms with E-state index in [-0.39, 0.29) is 5.60 Å². The summed E-state index contributed by atoms with van der Waals surface area (Å²) in [5.74, 6) is 1.01. The Morgan fingerprint density at radius 2 is 2.25 bits per heavy atom. The van der Waals surface area contributed by atoms with E-state index in [1.807, 2.05) is 25.2 Å². The number of nitrogens with one attached hydrogen (secondary N) is 1. The number of halogens is 1. The van der Waals surface area contributed by atoms with Crippen molar-refractivity contribution in [2.24, 2.45) is 0 Å². The van der Waals surface area contributed by atoms with Gasteiger partial charge in [0.15, 0.2) is 0 Å². The first-order valence-electron chi connectivity index (χ1n) is 7.59. The van der Waals surface area contributed by atoms with E-state index in [1.165, 1.54) is 24.9 Å². The maximum absolute atomic E-state index is 6.44. The number of fused-ring (bicyclic) bond motifs is 1. The minimum absolute atomic E-state index is 0.00288. The molecule has 2 unspecified atom stereocenters. The quantitative estimate of drug-likeness (QED) is 0.907. The van der Waals surface area contributed by atoms with Gasteiger partial charge in [-0.3, -0.25) is 4.90 Å². The van der Waals surface area contributed by atoms with Crippen molar-refractivity contribution in [1.29, 1.82) is 0 Å². The molecule has 1 saturated carbocycles. The lowest BCUT2D eigenvalue weighted by Crippen LogP contribution is -2.46. The molecule has 0 aromatic heterocycles. The van der Waals surface area contributed by atoms with Crippen LogP contribution in [-0.2, 0) is 0 Å². The first-order chi connectivity index (χ1) is 9.69. The fraction of sp³-hybridized carbons (Fsp3) is 0.625. The normalized spacial score (nSPS) is 33.2. The van der Waals surface area contributed by atoms with Gasteiger partial charge in [-0.05, 0) is 38.1 Å². The van der Waals surface area contributed by atoms with Crippen LogP contribution in [0.4, 0.5) is 0 Å². The second kappa shape index (κ2) is 4.62. The van der Waals surface area contributed by atoms with Crippen LogP contribution in [0, 0.1) is 0 Å². The molecule has 3 aliphatic rings. The lowest BCUT2D eigenvalue weighted by molar-refractivity contribution is 0.0388. The van der Waals surface area contributed by atoms with E-state index >= 15 is 0 Å². The van der Waals surface area contributed by atoms with Crippen LogP contribution in [0.1, 0.15) is 37.3 Å². The van der Waals surface area contributed by atoms with Gasteiger partial charge in [0, 0.05) is 48.6 Å². The highest BCUT2D eigenvalue weighted by atomic mass is 35.5. The number of rotatable bonds is 2. The van der Waals surface area contributed by atoms with E-state index in [4.69, 9.17) is 16.3 Å². The molecule has 3 nitrogen and oxygen atoms in total. The Bertz CT molecular complexity index is 531. The van der Waals surface area contributed by atoms with Crippen molar-refractivity contribution in [2.75, 3.05) is 20.1 Å². The van der Waals surface area contributed by atoms with Gasteiger partial charge in [0.25, 0.3) is 0 Å². The minimum atomic E-state index is -0.00288. The second-order valence-electron chi connectivity index (χ2n) is 6.46. The molecule has 20 heavy (non-hydrogen) atoms. The first-order valence-corrected chi connectivity index (χ1v) is 7.97. The maximum atomic E-state index is 6.44. The molecule has 1 aromatic carbocycles. The van der Waals surface area contributed by atoms with E-state index in [0.29, 0.717) is 6.04 Å². The number of benzene rings is 1. The molecule has 1 aromatic rings. The molecule has 2 fully saturated rings. The number of hydrogen-bond acceptors (Lipinski definition) is 3. The van der Waals surface area contributed by atoms with Crippen molar-refractivity contribution >= 4 is 11.6 Å². The molecule has 2 aliphatic heterocycles. The van der Waals surface area contributed by atoms with Crippen molar-refractivity contribution in [2.45, 2.75) is 43.4 Å². The van der Waals surface area contributed by atoms with Gasteiger partial charge in [-0.25, -0.2) is 0 Å². The molecule has 108 valence electrons. The topological polar surface area (TPSA) is 24.5 Å². The molecule has 1 spiro atoms. The number of ether oxygens (including phenoxy) is 1. The molecule has 1 aliphatic carbocycles. The summed E-state index contributed by atoms with van der Waals surface area (Å²) in [6, 6.07) is 7.18. The van der Waals surface area contributed by atoms with Crippen LogP contribution in [0.5, 0.6) is 5.75 Å². The summed E-state index contributed by atoms with van der Waals surface area (Å²) in [6.07, 6.45) is 4.93. The van der Waals surface area contributed by atoms with Gasteiger partial charge < -0.3 is 10.1 Å². The molecular formula is C16H21ClN2O. The van der Waals surface area contributed by atoms with E-state index in [0.717, 1.165) is 36.2 Å². The van der Waals surface area contributed by atoms with Crippen LogP contribution in [0.25, 0.3) is 0 Å². The van der Waals surface area contributed by atoms with E-state index in [9.17, 15) is 0 Å². The Morgan fingerprint density at radius 3 is 3.00 bits per heavy atom. The lowest BCUT2D eigenvalue weighted by Gasteiger charge is -2.40. The Labute approximate surface area is 125 Å². The Morgan fingerprint density at radius 1 is 1.40 bits per heavy atom. The largest absolute Gasteiger partial charge is 0.485 e. The second-order valence-corrected chi connectivity index (χ2v) is 6.90. The van der Waals surface area contributed by atoms with Crippen LogP contribution in [0.15, 0.2) is 18.2 Å². The zero-order chi connectivity index (χ0) is 13.7. The number of hydrogen-bond donors (Lipinski definition) is 1. The summed E-state index contributed by atoms with van der Waals surface area (Å²) in [5.41, 5.74) is 1.20. The van der Waals surface area contributed by atoms with E-state index < -0.39 is 0 Å². The smallest absolute Gasteiger partial charge is 0.125 e. The van der Waals surface area contributed by atoms with Crippen LogP contribution in [0.3, 0.4) is 0 Å². The Hall–Kier alpha value is -0.770. The fourth-order valence-electron chi connectivity index (χ4n) is 3.78. The SMILES string of the molecule is CNC1CC2(CCN(C3CC3)C2)Oc2ccc(Cl)cc21. The maximum Gasteiger partial charge on any atom is 0.125 e. The predicted octanol–water partition coefficient (Wildman–Crippen LogP) is 2.99. The standard InChI is InChI=1S/C16H21ClN2O/c1-18-14-9-16(6-7-19(10-16)12-3-4-12)20-15-5-2-11(17)8-13(14)15/h2,5,8,12,14,18H,3-4,6-7,9-10H2,1H3.